The Morgan fingerprint density at radius 3 is 2.57 bits per heavy atom. The molecule has 0 aliphatic carbocycles. The van der Waals surface area contributed by atoms with Crippen LogP contribution in [0.25, 0.3) is 17.0 Å². The van der Waals surface area contributed by atoms with Crippen LogP contribution in [0, 0.1) is 6.92 Å². The van der Waals surface area contributed by atoms with Gasteiger partial charge in [-0.1, -0.05) is 19.6 Å². The molecule has 0 aliphatic heterocycles. The number of benzene rings is 1. The standard InChI is InChI=1S/C20H28N2O5Si/c1-14-9-16(11-18(20(24)25-3)27-15(2)23)10-17-12-22(21-19(14)17)13-26-7-8-28(4,5)6/h9-12H,7-8,13H2,1-6H3/b18-11+. The largest absolute Gasteiger partial charge is 0.463 e. The van der Waals surface area contributed by atoms with Crippen LogP contribution in [0.1, 0.15) is 18.1 Å². The number of methoxy groups -OCH3 is 1. The van der Waals surface area contributed by atoms with Crippen LogP contribution in [-0.4, -0.2) is 43.5 Å². The first-order valence-corrected chi connectivity index (χ1v) is 12.8. The summed E-state index contributed by atoms with van der Waals surface area (Å²) in [5, 5.41) is 5.48. The number of hydrogen-bond donors (Lipinski definition) is 0. The molecule has 0 radical (unpaired) electrons. The maximum absolute atomic E-state index is 11.8. The highest BCUT2D eigenvalue weighted by Gasteiger charge is 2.15. The highest BCUT2D eigenvalue weighted by atomic mass is 28.3. The maximum atomic E-state index is 11.8. The van der Waals surface area contributed by atoms with Crippen LogP contribution in [-0.2, 0) is 30.5 Å². The molecular weight excluding hydrogens is 376 g/mol. The predicted octanol–water partition coefficient (Wildman–Crippen LogP) is 3.73. The number of nitrogens with zero attached hydrogens (tertiary/aromatic N) is 2. The zero-order chi connectivity index (χ0) is 20.9. The number of carbonyl (C=O) groups excluding carboxylic acids is 2. The summed E-state index contributed by atoms with van der Waals surface area (Å²) in [7, 11) is 0.118. The Balaban J connectivity index is 2.22. The van der Waals surface area contributed by atoms with Crippen molar-refractivity contribution in [1.82, 2.24) is 9.78 Å². The lowest BCUT2D eigenvalue weighted by Gasteiger charge is -2.15. The van der Waals surface area contributed by atoms with Crippen molar-refractivity contribution in [3.8, 4) is 0 Å². The summed E-state index contributed by atoms with van der Waals surface area (Å²) < 4.78 is 17.2. The zero-order valence-corrected chi connectivity index (χ0v) is 18.4. The molecule has 0 aliphatic rings. The van der Waals surface area contributed by atoms with Gasteiger partial charge in [-0.05, 0) is 42.3 Å². The number of ether oxygens (including phenoxy) is 3. The molecule has 7 nitrogen and oxygen atoms in total. The zero-order valence-electron chi connectivity index (χ0n) is 17.4. The summed E-state index contributed by atoms with van der Waals surface area (Å²) in [4.78, 5) is 23.1. The van der Waals surface area contributed by atoms with E-state index in [0.717, 1.165) is 29.1 Å². The number of carbonyl (C=O) groups is 2. The lowest BCUT2D eigenvalue weighted by Crippen LogP contribution is -2.22. The van der Waals surface area contributed by atoms with Gasteiger partial charge in [-0.2, -0.15) is 5.10 Å². The van der Waals surface area contributed by atoms with Crippen molar-refractivity contribution < 1.29 is 23.8 Å². The fourth-order valence-electron chi connectivity index (χ4n) is 2.61. The average Bonchev–Trinajstić information content (AvgIpc) is 2.99. The fourth-order valence-corrected chi connectivity index (χ4v) is 3.37. The minimum Gasteiger partial charge on any atom is -0.463 e. The van der Waals surface area contributed by atoms with Crippen LogP contribution in [0.15, 0.2) is 24.1 Å². The normalized spacial score (nSPS) is 12.3. The van der Waals surface area contributed by atoms with E-state index in [0.29, 0.717) is 12.3 Å². The van der Waals surface area contributed by atoms with E-state index in [1.165, 1.54) is 20.1 Å². The molecule has 1 heterocycles. The molecule has 1 aromatic carbocycles. The molecule has 2 aromatic rings. The third kappa shape index (κ3) is 6.31. The van der Waals surface area contributed by atoms with Crippen molar-refractivity contribution >= 4 is 37.0 Å². The number of rotatable bonds is 8. The number of aryl methyl sites for hydroxylation is 1. The Kier molecular flexibility index (Phi) is 7.15. The lowest BCUT2D eigenvalue weighted by molar-refractivity contribution is -0.148. The smallest absolute Gasteiger partial charge is 0.374 e. The first-order chi connectivity index (χ1) is 13.1. The Labute approximate surface area is 166 Å². The summed E-state index contributed by atoms with van der Waals surface area (Å²) >= 11 is 0. The first kappa shape index (κ1) is 21.8. The van der Waals surface area contributed by atoms with Crippen LogP contribution >= 0.6 is 0 Å². The van der Waals surface area contributed by atoms with E-state index in [-0.39, 0.29) is 5.76 Å². The van der Waals surface area contributed by atoms with E-state index in [9.17, 15) is 9.59 Å². The van der Waals surface area contributed by atoms with E-state index < -0.39 is 20.0 Å². The van der Waals surface area contributed by atoms with Gasteiger partial charge in [0.25, 0.3) is 0 Å². The van der Waals surface area contributed by atoms with Crippen molar-refractivity contribution in [2.24, 2.45) is 0 Å². The summed E-state index contributed by atoms with van der Waals surface area (Å²) in [6.45, 7) is 11.2. The van der Waals surface area contributed by atoms with Gasteiger partial charge in [0.05, 0.1) is 12.6 Å². The molecule has 0 unspecified atom stereocenters. The predicted molar refractivity (Wildman–Crippen MR) is 110 cm³/mol. The van der Waals surface area contributed by atoms with Crippen molar-refractivity contribution in [3.63, 3.8) is 0 Å². The number of fused-ring (bicyclic) bond motifs is 1. The Morgan fingerprint density at radius 1 is 1.25 bits per heavy atom. The van der Waals surface area contributed by atoms with E-state index in [4.69, 9.17) is 9.47 Å². The van der Waals surface area contributed by atoms with E-state index in [1.54, 1.807) is 4.68 Å². The van der Waals surface area contributed by atoms with Gasteiger partial charge < -0.3 is 14.2 Å². The molecule has 1 aromatic heterocycles. The van der Waals surface area contributed by atoms with Gasteiger partial charge >= 0.3 is 11.9 Å². The second-order valence-electron chi connectivity index (χ2n) is 7.89. The highest BCUT2D eigenvalue weighted by Crippen LogP contribution is 2.22. The van der Waals surface area contributed by atoms with Crippen LogP contribution < -0.4 is 0 Å². The van der Waals surface area contributed by atoms with Gasteiger partial charge in [-0.15, -0.1) is 0 Å². The minimum atomic E-state index is -1.12. The third-order valence-electron chi connectivity index (χ3n) is 4.03. The third-order valence-corrected chi connectivity index (χ3v) is 5.73. The fraction of sp³-hybridized carbons (Fsp3) is 0.450. The van der Waals surface area contributed by atoms with Crippen molar-refractivity contribution in [2.75, 3.05) is 13.7 Å². The second-order valence-corrected chi connectivity index (χ2v) is 13.5. The molecule has 0 spiro atoms. The van der Waals surface area contributed by atoms with Crippen LogP contribution in [0.5, 0.6) is 0 Å². The van der Waals surface area contributed by atoms with Gasteiger partial charge in [0.2, 0.25) is 5.76 Å². The molecule has 152 valence electrons. The van der Waals surface area contributed by atoms with E-state index >= 15 is 0 Å². The Hall–Kier alpha value is -2.45. The SMILES string of the molecule is COC(=O)/C(=C\c1cc(C)c2nn(COCC[Si](C)(C)C)cc2c1)OC(C)=O. The Morgan fingerprint density at radius 2 is 1.96 bits per heavy atom. The van der Waals surface area contributed by atoms with E-state index in [1.807, 2.05) is 25.3 Å². The molecule has 0 saturated heterocycles. The number of esters is 2. The summed E-state index contributed by atoms with van der Waals surface area (Å²) in [6, 6.07) is 4.85. The second kappa shape index (κ2) is 9.16. The molecule has 0 fully saturated rings. The average molecular weight is 405 g/mol. The lowest BCUT2D eigenvalue weighted by atomic mass is 10.1. The first-order valence-electron chi connectivity index (χ1n) is 9.13. The molecule has 0 N–H and O–H groups in total. The molecule has 28 heavy (non-hydrogen) atoms. The van der Waals surface area contributed by atoms with Crippen LogP contribution in [0.2, 0.25) is 25.7 Å². The highest BCUT2D eigenvalue weighted by molar-refractivity contribution is 6.76. The molecule has 0 atom stereocenters. The monoisotopic (exact) mass is 404 g/mol. The van der Waals surface area contributed by atoms with Gasteiger partial charge in [-0.25, -0.2) is 9.48 Å². The summed E-state index contributed by atoms with van der Waals surface area (Å²) in [5.74, 6) is -1.45. The minimum absolute atomic E-state index is 0.157. The Bertz CT molecular complexity index is 896. The summed E-state index contributed by atoms with van der Waals surface area (Å²) in [6.07, 6.45) is 3.39. The van der Waals surface area contributed by atoms with Gasteiger partial charge in [0.15, 0.2) is 0 Å². The molecule has 0 amide bonds. The molecule has 0 saturated carbocycles. The molecule has 2 rings (SSSR count). The van der Waals surface area contributed by atoms with Gasteiger partial charge in [0.1, 0.15) is 6.73 Å². The molecular formula is C20H28N2O5Si. The molecule has 0 bridgehead atoms. The summed E-state index contributed by atoms with van der Waals surface area (Å²) in [5.41, 5.74) is 2.51. The number of aromatic nitrogens is 2. The quantitative estimate of drug-likeness (QED) is 0.219. The van der Waals surface area contributed by atoms with Gasteiger partial charge in [0, 0.05) is 33.2 Å². The van der Waals surface area contributed by atoms with E-state index in [2.05, 4.69) is 29.5 Å². The van der Waals surface area contributed by atoms with Crippen molar-refractivity contribution in [1.29, 1.82) is 0 Å². The van der Waals surface area contributed by atoms with Gasteiger partial charge in [-0.3, -0.25) is 4.79 Å². The number of hydrogen-bond acceptors (Lipinski definition) is 6. The van der Waals surface area contributed by atoms with Crippen molar-refractivity contribution in [2.45, 2.75) is 46.3 Å². The molecule has 8 heteroatoms. The van der Waals surface area contributed by atoms with Crippen LogP contribution in [0.3, 0.4) is 0 Å². The van der Waals surface area contributed by atoms with Crippen molar-refractivity contribution in [3.05, 3.63) is 35.2 Å². The maximum Gasteiger partial charge on any atom is 0.374 e. The topological polar surface area (TPSA) is 79.7 Å². The van der Waals surface area contributed by atoms with Crippen LogP contribution in [0.4, 0.5) is 0 Å².